The number of methoxy groups -OCH3 is 1. The Bertz CT molecular complexity index is 243. The van der Waals surface area contributed by atoms with E-state index in [1.165, 1.54) is 0 Å². The summed E-state index contributed by atoms with van der Waals surface area (Å²) in [6.45, 7) is 4.74. The third-order valence-electron chi connectivity index (χ3n) is 2.96. The van der Waals surface area contributed by atoms with E-state index in [0.717, 1.165) is 58.1 Å². The molecular weight excluding hydrogens is 246 g/mol. The lowest BCUT2D eigenvalue weighted by molar-refractivity contribution is -0.0320. The molecule has 0 aromatic rings. The van der Waals surface area contributed by atoms with Crippen LogP contribution in [0.4, 0.5) is 0 Å². The first kappa shape index (κ1) is 16.2. The molecule has 0 saturated carbocycles. The van der Waals surface area contributed by atoms with Gasteiger partial charge in [-0.1, -0.05) is 0 Å². The monoisotopic (exact) mass is 273 g/mol. The third-order valence-corrected chi connectivity index (χ3v) is 2.96. The average Bonchev–Trinajstić information content (AvgIpc) is 2.46. The maximum absolute atomic E-state index is 5.80. The summed E-state index contributed by atoms with van der Waals surface area (Å²) in [6.07, 6.45) is 3.40. The van der Waals surface area contributed by atoms with Gasteiger partial charge < -0.3 is 24.8 Å². The van der Waals surface area contributed by atoms with Crippen molar-refractivity contribution < 1.29 is 14.2 Å². The lowest BCUT2D eigenvalue weighted by Gasteiger charge is -2.22. The Labute approximate surface area is 115 Å². The van der Waals surface area contributed by atoms with Gasteiger partial charge in [0.05, 0.1) is 12.7 Å². The van der Waals surface area contributed by atoms with Gasteiger partial charge in [0, 0.05) is 47.1 Å². The number of ether oxygens (including phenoxy) is 3. The van der Waals surface area contributed by atoms with Gasteiger partial charge in [-0.2, -0.15) is 0 Å². The summed E-state index contributed by atoms with van der Waals surface area (Å²) in [7, 11) is 3.45. The summed E-state index contributed by atoms with van der Waals surface area (Å²) < 4.78 is 16.1. The second-order valence-corrected chi connectivity index (χ2v) is 4.45. The molecule has 0 unspecified atom stereocenters. The lowest BCUT2D eigenvalue weighted by Crippen LogP contribution is -2.39. The van der Waals surface area contributed by atoms with Crippen molar-refractivity contribution in [2.45, 2.75) is 25.4 Å². The Hall–Kier alpha value is -0.850. The molecule has 6 nitrogen and oxygen atoms in total. The van der Waals surface area contributed by atoms with Crippen LogP contribution >= 0.6 is 0 Å². The van der Waals surface area contributed by atoms with Crippen LogP contribution in [0.2, 0.25) is 0 Å². The van der Waals surface area contributed by atoms with Crippen molar-refractivity contribution in [2.75, 3.05) is 53.7 Å². The highest BCUT2D eigenvalue weighted by atomic mass is 16.5. The second-order valence-electron chi connectivity index (χ2n) is 4.45. The van der Waals surface area contributed by atoms with Crippen LogP contribution in [0.5, 0.6) is 0 Å². The summed E-state index contributed by atoms with van der Waals surface area (Å²) in [6, 6.07) is 0. The zero-order valence-corrected chi connectivity index (χ0v) is 12.1. The van der Waals surface area contributed by atoms with Crippen molar-refractivity contribution in [3.8, 4) is 0 Å². The first-order valence-corrected chi connectivity index (χ1v) is 6.99. The van der Waals surface area contributed by atoms with Gasteiger partial charge in [0.1, 0.15) is 0 Å². The Morgan fingerprint density at radius 3 is 2.63 bits per heavy atom. The van der Waals surface area contributed by atoms with Crippen LogP contribution < -0.4 is 10.6 Å². The van der Waals surface area contributed by atoms with Crippen molar-refractivity contribution in [1.82, 2.24) is 10.6 Å². The van der Waals surface area contributed by atoms with Crippen molar-refractivity contribution in [1.29, 1.82) is 0 Å². The van der Waals surface area contributed by atoms with E-state index in [1.807, 2.05) is 0 Å². The first-order valence-electron chi connectivity index (χ1n) is 6.99. The molecule has 2 N–H and O–H groups in total. The molecule has 1 aliphatic rings. The SMILES string of the molecule is CN=C(NCCCOC1CCOCC1)NCCOC. The Balaban J connectivity index is 1.96. The van der Waals surface area contributed by atoms with Crippen molar-refractivity contribution >= 4 is 5.96 Å². The molecule has 0 aromatic heterocycles. The molecule has 0 aromatic carbocycles. The predicted molar refractivity (Wildman–Crippen MR) is 75.7 cm³/mol. The molecule has 0 atom stereocenters. The predicted octanol–water partition coefficient (Wildman–Crippen LogP) is 0.384. The fourth-order valence-corrected chi connectivity index (χ4v) is 1.86. The van der Waals surface area contributed by atoms with E-state index >= 15 is 0 Å². The number of hydrogen-bond acceptors (Lipinski definition) is 4. The Morgan fingerprint density at radius 2 is 1.95 bits per heavy atom. The molecule has 1 rings (SSSR count). The highest BCUT2D eigenvalue weighted by Crippen LogP contribution is 2.10. The average molecular weight is 273 g/mol. The van der Waals surface area contributed by atoms with Gasteiger partial charge in [-0.05, 0) is 19.3 Å². The molecule has 1 saturated heterocycles. The van der Waals surface area contributed by atoms with Gasteiger partial charge in [-0.15, -0.1) is 0 Å². The highest BCUT2D eigenvalue weighted by Gasteiger charge is 2.13. The van der Waals surface area contributed by atoms with E-state index in [9.17, 15) is 0 Å². The summed E-state index contributed by atoms with van der Waals surface area (Å²) in [5.41, 5.74) is 0. The highest BCUT2D eigenvalue weighted by molar-refractivity contribution is 5.79. The van der Waals surface area contributed by atoms with E-state index in [0.29, 0.717) is 12.7 Å². The number of hydrogen-bond donors (Lipinski definition) is 2. The topological polar surface area (TPSA) is 64.1 Å². The maximum Gasteiger partial charge on any atom is 0.191 e. The van der Waals surface area contributed by atoms with Gasteiger partial charge >= 0.3 is 0 Å². The van der Waals surface area contributed by atoms with E-state index in [-0.39, 0.29) is 0 Å². The van der Waals surface area contributed by atoms with Crippen LogP contribution in [0.25, 0.3) is 0 Å². The number of rotatable bonds is 8. The van der Waals surface area contributed by atoms with Gasteiger partial charge in [0.2, 0.25) is 0 Å². The molecule has 19 heavy (non-hydrogen) atoms. The molecule has 0 bridgehead atoms. The standard InChI is InChI=1S/C13H27N3O3/c1-14-13(16-7-11-17-2)15-6-3-8-19-12-4-9-18-10-5-12/h12H,3-11H2,1-2H3,(H2,14,15,16). The molecule has 6 heteroatoms. The van der Waals surface area contributed by atoms with Crippen LogP contribution in [-0.4, -0.2) is 65.7 Å². The van der Waals surface area contributed by atoms with Crippen LogP contribution in [0.1, 0.15) is 19.3 Å². The minimum Gasteiger partial charge on any atom is -0.383 e. The molecule has 0 spiro atoms. The summed E-state index contributed by atoms with van der Waals surface area (Å²) >= 11 is 0. The number of aliphatic imine (C=N–C) groups is 1. The minimum absolute atomic E-state index is 0.382. The van der Waals surface area contributed by atoms with Crippen molar-refractivity contribution in [2.24, 2.45) is 4.99 Å². The molecule has 0 radical (unpaired) electrons. The van der Waals surface area contributed by atoms with Crippen LogP contribution in [-0.2, 0) is 14.2 Å². The minimum atomic E-state index is 0.382. The molecule has 1 heterocycles. The van der Waals surface area contributed by atoms with Crippen molar-refractivity contribution in [3.05, 3.63) is 0 Å². The van der Waals surface area contributed by atoms with Crippen LogP contribution in [0, 0.1) is 0 Å². The smallest absolute Gasteiger partial charge is 0.191 e. The van der Waals surface area contributed by atoms with Gasteiger partial charge in [0.25, 0.3) is 0 Å². The Morgan fingerprint density at radius 1 is 1.21 bits per heavy atom. The van der Waals surface area contributed by atoms with Gasteiger partial charge in [-0.3, -0.25) is 4.99 Å². The Kier molecular flexibility index (Phi) is 9.40. The summed E-state index contributed by atoms with van der Waals surface area (Å²) in [5.74, 6) is 0.808. The number of guanidine groups is 1. The lowest BCUT2D eigenvalue weighted by atomic mass is 10.1. The first-order chi connectivity index (χ1) is 9.36. The number of nitrogens with zero attached hydrogens (tertiary/aromatic N) is 1. The third kappa shape index (κ3) is 8.02. The van der Waals surface area contributed by atoms with Crippen LogP contribution in [0.3, 0.4) is 0 Å². The van der Waals surface area contributed by atoms with Crippen molar-refractivity contribution in [3.63, 3.8) is 0 Å². The fraction of sp³-hybridized carbons (Fsp3) is 0.923. The zero-order chi connectivity index (χ0) is 13.8. The molecule has 0 amide bonds. The molecule has 1 fully saturated rings. The quantitative estimate of drug-likeness (QED) is 0.380. The molecular formula is C13H27N3O3. The number of nitrogens with one attached hydrogen (secondary N) is 2. The van der Waals surface area contributed by atoms with Crippen LogP contribution in [0.15, 0.2) is 4.99 Å². The molecule has 1 aliphatic heterocycles. The summed E-state index contributed by atoms with van der Waals surface area (Å²) in [4.78, 5) is 4.13. The second kappa shape index (κ2) is 11.0. The molecule has 0 aliphatic carbocycles. The summed E-state index contributed by atoms with van der Waals surface area (Å²) in [5, 5.41) is 6.41. The van der Waals surface area contributed by atoms with Gasteiger partial charge in [-0.25, -0.2) is 0 Å². The van der Waals surface area contributed by atoms with E-state index in [2.05, 4.69) is 15.6 Å². The van der Waals surface area contributed by atoms with E-state index in [4.69, 9.17) is 14.2 Å². The zero-order valence-electron chi connectivity index (χ0n) is 12.1. The fourth-order valence-electron chi connectivity index (χ4n) is 1.86. The maximum atomic E-state index is 5.80. The van der Waals surface area contributed by atoms with E-state index in [1.54, 1.807) is 14.2 Å². The molecule has 112 valence electrons. The van der Waals surface area contributed by atoms with E-state index < -0.39 is 0 Å². The largest absolute Gasteiger partial charge is 0.383 e. The normalized spacial score (nSPS) is 17.5. The van der Waals surface area contributed by atoms with Gasteiger partial charge in [0.15, 0.2) is 5.96 Å².